The number of rotatable bonds is 6. The Kier molecular flexibility index (Phi) is 5.03. The standard InChI is InChI=1S/C14H20O2/c1-11(12(2)14(15)16)7-6-10-13-8-4-3-5-9-13/h3-5,8-9,11-12H,6-7,10H2,1-2H3,(H,15,16). The molecule has 0 spiro atoms. The van der Waals surface area contributed by atoms with Crippen LogP contribution >= 0.6 is 0 Å². The molecule has 0 fully saturated rings. The van der Waals surface area contributed by atoms with Gasteiger partial charge in [0.1, 0.15) is 0 Å². The molecule has 1 aromatic rings. The molecule has 0 aromatic heterocycles. The smallest absolute Gasteiger partial charge is 0.306 e. The molecular formula is C14H20O2. The van der Waals surface area contributed by atoms with Crippen LogP contribution < -0.4 is 0 Å². The van der Waals surface area contributed by atoms with Crippen LogP contribution in [0.1, 0.15) is 32.3 Å². The number of benzene rings is 1. The van der Waals surface area contributed by atoms with E-state index in [1.807, 2.05) is 25.1 Å². The second kappa shape index (κ2) is 6.31. The third-order valence-corrected chi connectivity index (χ3v) is 3.21. The summed E-state index contributed by atoms with van der Waals surface area (Å²) in [6, 6.07) is 10.3. The zero-order valence-electron chi connectivity index (χ0n) is 10.0. The predicted molar refractivity (Wildman–Crippen MR) is 65.3 cm³/mol. The SMILES string of the molecule is CC(CCCc1ccccc1)C(C)C(=O)O. The minimum Gasteiger partial charge on any atom is -0.481 e. The molecule has 0 aliphatic carbocycles. The lowest BCUT2D eigenvalue weighted by atomic mass is 9.90. The van der Waals surface area contributed by atoms with Crippen LogP contribution in [-0.4, -0.2) is 11.1 Å². The molecule has 0 saturated carbocycles. The molecule has 1 aromatic carbocycles. The molecule has 0 radical (unpaired) electrons. The van der Waals surface area contributed by atoms with Crippen molar-refractivity contribution in [2.45, 2.75) is 33.1 Å². The third-order valence-electron chi connectivity index (χ3n) is 3.21. The average molecular weight is 220 g/mol. The number of carboxylic acid groups (broad SMARTS) is 1. The van der Waals surface area contributed by atoms with Crippen molar-refractivity contribution in [2.24, 2.45) is 11.8 Å². The summed E-state index contributed by atoms with van der Waals surface area (Å²) in [6.45, 7) is 3.80. The zero-order valence-corrected chi connectivity index (χ0v) is 10.0. The highest BCUT2D eigenvalue weighted by atomic mass is 16.4. The molecule has 0 saturated heterocycles. The van der Waals surface area contributed by atoms with Crippen molar-refractivity contribution in [3.63, 3.8) is 0 Å². The molecule has 1 N–H and O–H groups in total. The van der Waals surface area contributed by atoms with Crippen molar-refractivity contribution in [1.29, 1.82) is 0 Å². The number of aryl methyl sites for hydroxylation is 1. The van der Waals surface area contributed by atoms with E-state index in [1.54, 1.807) is 6.92 Å². The van der Waals surface area contributed by atoms with Crippen LogP contribution in [-0.2, 0) is 11.2 Å². The van der Waals surface area contributed by atoms with E-state index in [2.05, 4.69) is 12.1 Å². The minimum atomic E-state index is -0.688. The predicted octanol–water partition coefficient (Wildman–Crippen LogP) is 3.37. The number of hydrogen-bond donors (Lipinski definition) is 1. The van der Waals surface area contributed by atoms with Gasteiger partial charge in [0.15, 0.2) is 0 Å². The lowest BCUT2D eigenvalue weighted by Crippen LogP contribution is -2.18. The summed E-state index contributed by atoms with van der Waals surface area (Å²) in [6.07, 6.45) is 3.07. The third kappa shape index (κ3) is 4.05. The Bertz CT molecular complexity index is 319. The Morgan fingerprint density at radius 3 is 2.44 bits per heavy atom. The van der Waals surface area contributed by atoms with Gasteiger partial charge in [-0.2, -0.15) is 0 Å². The molecule has 16 heavy (non-hydrogen) atoms. The van der Waals surface area contributed by atoms with Gasteiger partial charge in [0.25, 0.3) is 0 Å². The van der Waals surface area contributed by atoms with E-state index in [1.165, 1.54) is 5.56 Å². The normalized spacial score (nSPS) is 14.4. The van der Waals surface area contributed by atoms with Gasteiger partial charge in [0.05, 0.1) is 5.92 Å². The summed E-state index contributed by atoms with van der Waals surface area (Å²) < 4.78 is 0. The number of carboxylic acids is 1. The molecule has 0 aliphatic rings. The molecule has 2 atom stereocenters. The monoisotopic (exact) mass is 220 g/mol. The van der Waals surface area contributed by atoms with E-state index < -0.39 is 5.97 Å². The van der Waals surface area contributed by atoms with Gasteiger partial charge in [-0.25, -0.2) is 0 Å². The van der Waals surface area contributed by atoms with E-state index in [4.69, 9.17) is 5.11 Å². The van der Waals surface area contributed by atoms with Crippen molar-refractivity contribution in [3.05, 3.63) is 35.9 Å². The van der Waals surface area contributed by atoms with Gasteiger partial charge < -0.3 is 5.11 Å². The van der Waals surface area contributed by atoms with Crippen LogP contribution in [0.5, 0.6) is 0 Å². The minimum absolute atomic E-state index is 0.240. The Balaban J connectivity index is 2.28. The van der Waals surface area contributed by atoms with Crippen molar-refractivity contribution in [2.75, 3.05) is 0 Å². The Morgan fingerprint density at radius 1 is 1.25 bits per heavy atom. The molecule has 1 rings (SSSR count). The highest BCUT2D eigenvalue weighted by Crippen LogP contribution is 2.18. The molecule has 0 amide bonds. The highest BCUT2D eigenvalue weighted by molar-refractivity contribution is 5.69. The van der Waals surface area contributed by atoms with E-state index >= 15 is 0 Å². The summed E-state index contributed by atoms with van der Waals surface area (Å²) in [7, 11) is 0. The average Bonchev–Trinajstić information content (AvgIpc) is 2.29. The maximum Gasteiger partial charge on any atom is 0.306 e. The lowest BCUT2D eigenvalue weighted by molar-refractivity contribution is -0.142. The number of hydrogen-bond acceptors (Lipinski definition) is 1. The second-order valence-electron chi connectivity index (χ2n) is 4.48. The molecule has 88 valence electrons. The Labute approximate surface area is 97.3 Å². The highest BCUT2D eigenvalue weighted by Gasteiger charge is 2.18. The van der Waals surface area contributed by atoms with Gasteiger partial charge >= 0.3 is 5.97 Å². The first-order chi connectivity index (χ1) is 7.61. The molecule has 2 heteroatoms. The van der Waals surface area contributed by atoms with Gasteiger partial charge in [0.2, 0.25) is 0 Å². The van der Waals surface area contributed by atoms with Crippen molar-refractivity contribution < 1.29 is 9.90 Å². The van der Waals surface area contributed by atoms with E-state index in [0.717, 1.165) is 19.3 Å². The molecule has 0 aliphatic heterocycles. The van der Waals surface area contributed by atoms with Gasteiger partial charge in [-0.15, -0.1) is 0 Å². The summed E-state index contributed by atoms with van der Waals surface area (Å²) in [4.78, 5) is 10.8. The summed E-state index contributed by atoms with van der Waals surface area (Å²) in [5.74, 6) is -0.677. The first-order valence-electron chi connectivity index (χ1n) is 5.88. The topological polar surface area (TPSA) is 37.3 Å². The molecule has 2 nitrogen and oxygen atoms in total. The molecular weight excluding hydrogens is 200 g/mol. The van der Waals surface area contributed by atoms with Gasteiger partial charge in [-0.05, 0) is 30.7 Å². The van der Waals surface area contributed by atoms with Crippen molar-refractivity contribution in [3.8, 4) is 0 Å². The quantitative estimate of drug-likeness (QED) is 0.798. The number of aliphatic carboxylic acids is 1. The van der Waals surface area contributed by atoms with Crippen molar-refractivity contribution >= 4 is 5.97 Å². The van der Waals surface area contributed by atoms with Gasteiger partial charge in [0, 0.05) is 0 Å². The largest absolute Gasteiger partial charge is 0.481 e. The maximum atomic E-state index is 10.8. The summed E-state index contributed by atoms with van der Waals surface area (Å²) in [5, 5.41) is 8.87. The lowest BCUT2D eigenvalue weighted by Gasteiger charge is -2.15. The fraction of sp³-hybridized carbons (Fsp3) is 0.500. The van der Waals surface area contributed by atoms with Gasteiger partial charge in [-0.3, -0.25) is 4.79 Å². The maximum absolute atomic E-state index is 10.8. The molecule has 0 heterocycles. The van der Waals surface area contributed by atoms with E-state index in [0.29, 0.717) is 0 Å². The fourth-order valence-electron chi connectivity index (χ4n) is 1.77. The van der Waals surface area contributed by atoms with Crippen LogP contribution in [0.3, 0.4) is 0 Å². The van der Waals surface area contributed by atoms with E-state index in [9.17, 15) is 4.79 Å². The van der Waals surface area contributed by atoms with Crippen LogP contribution in [0, 0.1) is 11.8 Å². The van der Waals surface area contributed by atoms with Gasteiger partial charge in [-0.1, -0.05) is 44.2 Å². The van der Waals surface area contributed by atoms with Crippen LogP contribution in [0.15, 0.2) is 30.3 Å². The first-order valence-corrected chi connectivity index (χ1v) is 5.88. The van der Waals surface area contributed by atoms with Crippen LogP contribution in [0.4, 0.5) is 0 Å². The van der Waals surface area contributed by atoms with Crippen molar-refractivity contribution in [1.82, 2.24) is 0 Å². The summed E-state index contributed by atoms with van der Waals surface area (Å²) in [5.41, 5.74) is 1.33. The fourth-order valence-corrected chi connectivity index (χ4v) is 1.77. The molecule has 0 bridgehead atoms. The van der Waals surface area contributed by atoms with E-state index in [-0.39, 0.29) is 11.8 Å². The van der Waals surface area contributed by atoms with Crippen LogP contribution in [0.25, 0.3) is 0 Å². The Morgan fingerprint density at radius 2 is 1.88 bits per heavy atom. The first kappa shape index (κ1) is 12.8. The Hall–Kier alpha value is -1.31. The zero-order chi connectivity index (χ0) is 12.0. The molecule has 2 unspecified atom stereocenters. The summed E-state index contributed by atoms with van der Waals surface area (Å²) >= 11 is 0. The second-order valence-corrected chi connectivity index (χ2v) is 4.48. The number of carbonyl (C=O) groups is 1. The van der Waals surface area contributed by atoms with Crippen LogP contribution in [0.2, 0.25) is 0 Å².